The van der Waals surface area contributed by atoms with E-state index >= 15 is 0 Å². The van der Waals surface area contributed by atoms with Gasteiger partial charge in [0.25, 0.3) is 0 Å². The van der Waals surface area contributed by atoms with Gasteiger partial charge in [0.1, 0.15) is 54.1 Å². The van der Waals surface area contributed by atoms with E-state index in [0.717, 1.165) is 6.92 Å². The van der Waals surface area contributed by atoms with E-state index in [9.17, 15) is 68.4 Å². The van der Waals surface area contributed by atoms with Gasteiger partial charge in [0.05, 0.1) is 18.6 Å². The molecule has 0 radical (unpaired) electrons. The summed E-state index contributed by atoms with van der Waals surface area (Å²) in [5.41, 5.74) is 30.0. The molecule has 0 saturated carbocycles. The van der Waals surface area contributed by atoms with Gasteiger partial charge in [-0.1, -0.05) is 70.2 Å². The van der Waals surface area contributed by atoms with Crippen molar-refractivity contribution < 1.29 is 68.4 Å². The molecule has 8 amide bonds. The fourth-order valence-corrected chi connectivity index (χ4v) is 8.48. The highest BCUT2D eigenvalue weighted by Gasteiger charge is 2.37. The molecule has 2 aromatic carbocycles. The Kier molecular flexibility index (Phi) is 31.9. The molecule has 0 aliphatic rings. The van der Waals surface area contributed by atoms with E-state index in [0.29, 0.717) is 30.4 Å². The Hall–Kier alpha value is -7.95. The van der Waals surface area contributed by atoms with Crippen molar-refractivity contribution in [3.05, 3.63) is 65.7 Å². The van der Waals surface area contributed by atoms with Crippen LogP contribution in [0.4, 0.5) is 0 Å². The number of aliphatic carboxylic acids is 2. The maximum Gasteiger partial charge on any atom is 0.326 e. The van der Waals surface area contributed by atoms with Gasteiger partial charge in [0, 0.05) is 13.0 Å². The number of carboxylic acid groups (broad SMARTS) is 2. The normalized spacial score (nSPS) is 14.8. The second-order valence-corrected chi connectivity index (χ2v) is 21.1. The van der Waals surface area contributed by atoms with Crippen LogP contribution in [0.15, 0.2) is 59.6 Å². The number of aliphatic imine (C=N–C) groups is 1. The van der Waals surface area contributed by atoms with Crippen LogP contribution in [0.5, 0.6) is 5.75 Å². The zero-order valence-corrected chi connectivity index (χ0v) is 47.9. The fraction of sp³-hybridized carbons (Fsp3) is 0.582. The van der Waals surface area contributed by atoms with Crippen LogP contribution in [0.2, 0.25) is 0 Å². The Morgan fingerprint density at radius 2 is 0.940 bits per heavy atom. The predicted molar refractivity (Wildman–Crippen MR) is 307 cm³/mol. The number of aliphatic hydroxyl groups is 1. The van der Waals surface area contributed by atoms with Gasteiger partial charge in [-0.15, -0.1) is 0 Å². The van der Waals surface area contributed by atoms with Crippen LogP contribution in [0.25, 0.3) is 0 Å². The number of benzene rings is 2. The first kappa shape index (κ1) is 71.2. The second-order valence-electron chi connectivity index (χ2n) is 21.1. The number of nitrogens with two attached hydrogens (primary N) is 5. The van der Waals surface area contributed by atoms with Gasteiger partial charge in [-0.2, -0.15) is 0 Å². The summed E-state index contributed by atoms with van der Waals surface area (Å²) >= 11 is 0. The number of aromatic hydroxyl groups is 1. The minimum absolute atomic E-state index is 0.00114. The molecule has 0 spiro atoms. The van der Waals surface area contributed by atoms with Gasteiger partial charge >= 0.3 is 11.9 Å². The van der Waals surface area contributed by atoms with E-state index in [2.05, 4.69) is 47.5 Å². The first-order chi connectivity index (χ1) is 39.2. The number of carbonyl (C=O) groups is 10. The van der Waals surface area contributed by atoms with Crippen LogP contribution < -0.4 is 71.2 Å². The highest BCUT2D eigenvalue weighted by Crippen LogP contribution is 2.14. The molecule has 0 unspecified atom stereocenters. The zero-order valence-electron chi connectivity index (χ0n) is 47.9. The van der Waals surface area contributed by atoms with Crippen LogP contribution in [-0.2, 0) is 60.8 Å². The maximum absolute atomic E-state index is 14.3. The summed E-state index contributed by atoms with van der Waals surface area (Å²) < 4.78 is 0. The molecule has 0 heterocycles. The predicted octanol–water partition coefficient (Wildman–Crippen LogP) is -2.66. The third-order valence-corrected chi connectivity index (χ3v) is 13.0. The maximum atomic E-state index is 14.3. The summed E-state index contributed by atoms with van der Waals surface area (Å²) in [7, 11) is 0. The van der Waals surface area contributed by atoms with E-state index in [1.54, 1.807) is 70.2 Å². The lowest BCUT2D eigenvalue weighted by Gasteiger charge is -2.29. The smallest absolute Gasteiger partial charge is 0.326 e. The van der Waals surface area contributed by atoms with Gasteiger partial charge in [-0.05, 0) is 119 Å². The highest BCUT2D eigenvalue weighted by molar-refractivity contribution is 5.99. The molecular formula is C55H88N14O14. The second kappa shape index (κ2) is 37.2. The van der Waals surface area contributed by atoms with E-state index in [1.807, 2.05) is 0 Å². The Morgan fingerprint density at radius 1 is 0.506 bits per heavy atom. The number of rotatable bonds is 39. The number of carbonyl (C=O) groups excluding carboxylic acids is 8. The number of amides is 8. The molecule has 0 bridgehead atoms. The lowest BCUT2D eigenvalue weighted by molar-refractivity contribution is -0.143. The molecular weight excluding hydrogens is 1080 g/mol. The van der Waals surface area contributed by atoms with Gasteiger partial charge in [-0.3, -0.25) is 48.1 Å². The number of phenols is 1. The topological polar surface area (TPSA) is 490 Å². The third-order valence-electron chi connectivity index (χ3n) is 13.0. The van der Waals surface area contributed by atoms with Crippen molar-refractivity contribution in [1.29, 1.82) is 0 Å². The van der Waals surface area contributed by atoms with Crippen LogP contribution in [-0.4, -0.2) is 166 Å². The zero-order chi connectivity index (χ0) is 62.3. The fourth-order valence-electron chi connectivity index (χ4n) is 8.48. The largest absolute Gasteiger partial charge is 0.508 e. The number of guanidine groups is 1. The summed E-state index contributed by atoms with van der Waals surface area (Å²) in [6.45, 7) is 8.19. The van der Waals surface area contributed by atoms with E-state index in [4.69, 9.17) is 28.7 Å². The summed E-state index contributed by atoms with van der Waals surface area (Å²) in [6.07, 6.45) is -1.44. The van der Waals surface area contributed by atoms with Crippen molar-refractivity contribution in [1.82, 2.24) is 42.5 Å². The molecule has 22 N–H and O–H groups in total. The minimum atomic E-state index is -1.91. The van der Waals surface area contributed by atoms with Gasteiger partial charge < -0.3 is 91.6 Å². The molecule has 10 atom stereocenters. The van der Waals surface area contributed by atoms with Crippen molar-refractivity contribution in [2.75, 3.05) is 19.6 Å². The lowest BCUT2D eigenvalue weighted by atomic mass is 9.99. The number of phenolic OH excluding ortho intramolecular Hbond substituents is 1. The molecule has 0 saturated heterocycles. The Morgan fingerprint density at radius 3 is 1.42 bits per heavy atom. The number of nitrogens with zero attached hydrogens (tertiary/aromatic N) is 1. The van der Waals surface area contributed by atoms with Crippen LogP contribution in [0, 0.1) is 11.8 Å². The average Bonchev–Trinajstić information content (AvgIpc) is 3.44. The van der Waals surface area contributed by atoms with Crippen molar-refractivity contribution in [3.63, 3.8) is 0 Å². The van der Waals surface area contributed by atoms with Gasteiger partial charge in [-0.25, -0.2) is 4.79 Å². The molecule has 28 heteroatoms. The van der Waals surface area contributed by atoms with Crippen LogP contribution in [0.1, 0.15) is 110 Å². The number of aliphatic hydroxyl groups excluding tert-OH is 1. The average molecular weight is 1170 g/mol. The van der Waals surface area contributed by atoms with Crippen molar-refractivity contribution in [2.24, 2.45) is 45.5 Å². The summed E-state index contributed by atoms with van der Waals surface area (Å²) in [5.74, 6) is -11.5. The molecule has 28 nitrogen and oxygen atoms in total. The Bertz CT molecular complexity index is 2460. The van der Waals surface area contributed by atoms with E-state index in [-0.39, 0.29) is 88.6 Å². The van der Waals surface area contributed by atoms with Crippen LogP contribution >= 0.6 is 0 Å². The van der Waals surface area contributed by atoms with Crippen molar-refractivity contribution >= 4 is 65.2 Å². The standard InChI is InChI=1S/C55H88N14O14/c1-30(2)26-42(54(82)83)67-53(81)45(32(5)70)69-49(77)39(18-13-25-61-55(59)60)63-51(79)41(29-43(72)73)66-47(75)37(16-9-11-23-56)64-52(80)44(31(3)4)68-48(76)38(17-10-12-24-57)62-50(78)40(28-33-14-7-6-8-15-33)65-46(74)36(58)27-34-19-21-35(71)22-20-34/h6-8,14-15,19-22,30-32,36-42,44-45,70-71H,9-13,16-18,23-29,56-58H2,1-5H3,(H,62,78)(H,63,79)(H,64,80)(H,65,74)(H,66,75)(H,67,81)(H,68,76)(H,69,77)(H,72,73)(H,82,83)(H4,59,60,61)/t32-,36+,37+,38+,39+,40+,41+,42+,44+,45+/m1/s1. The van der Waals surface area contributed by atoms with Crippen molar-refractivity contribution in [2.45, 2.75) is 172 Å². The molecule has 2 aromatic rings. The summed E-state index contributed by atoms with van der Waals surface area (Å²) in [6, 6.07) is 1.76. The summed E-state index contributed by atoms with van der Waals surface area (Å²) in [4.78, 5) is 140. The van der Waals surface area contributed by atoms with Gasteiger partial charge in [0.15, 0.2) is 5.96 Å². The summed E-state index contributed by atoms with van der Waals surface area (Å²) in [5, 5.41) is 60.0. The molecule has 0 aliphatic carbocycles. The van der Waals surface area contributed by atoms with Crippen LogP contribution in [0.3, 0.4) is 0 Å². The molecule has 0 fully saturated rings. The van der Waals surface area contributed by atoms with E-state index in [1.165, 1.54) is 12.1 Å². The molecule has 462 valence electrons. The molecule has 0 aromatic heterocycles. The first-order valence-electron chi connectivity index (χ1n) is 27.8. The van der Waals surface area contributed by atoms with Crippen molar-refractivity contribution in [3.8, 4) is 5.75 Å². The number of nitrogens with one attached hydrogen (secondary N) is 8. The highest BCUT2D eigenvalue weighted by atomic mass is 16.4. The molecule has 0 aliphatic heterocycles. The minimum Gasteiger partial charge on any atom is -0.508 e. The van der Waals surface area contributed by atoms with Gasteiger partial charge in [0.2, 0.25) is 47.3 Å². The molecule has 83 heavy (non-hydrogen) atoms. The first-order valence-corrected chi connectivity index (χ1v) is 27.8. The van der Waals surface area contributed by atoms with E-state index < -0.39 is 132 Å². The quantitative estimate of drug-likeness (QED) is 0.0184. The number of unbranched alkanes of at least 4 members (excludes halogenated alkanes) is 2. The Labute approximate surface area is 483 Å². The number of carboxylic acids is 2. The molecule has 2 rings (SSSR count). The number of hydrogen-bond donors (Lipinski definition) is 17. The number of hydrogen-bond acceptors (Lipinski definition) is 16. The third kappa shape index (κ3) is 27.1. The SMILES string of the molecule is CC(C)C[C@H](NC(=O)[C@@H](NC(=O)[C@H](CCCN=C(N)N)NC(=O)[C@H](CC(=O)O)NC(=O)[C@H](CCCCN)NC(=O)[C@@H](NC(=O)[C@H](CCCCN)NC(=O)[C@H](Cc1ccccc1)NC(=O)[C@@H](N)Cc1ccc(O)cc1)C(C)C)[C@@H](C)O)C(=O)O. The lowest BCUT2D eigenvalue weighted by Crippen LogP contribution is -2.61. The Balaban J connectivity index is 2.45. The monoisotopic (exact) mass is 1170 g/mol.